The van der Waals surface area contributed by atoms with E-state index in [1.807, 2.05) is 47.7 Å². The van der Waals surface area contributed by atoms with Gasteiger partial charge in [0.15, 0.2) is 0 Å². The number of furan rings is 1. The molecular formula is C37H21NOS. The molecule has 0 radical (unpaired) electrons. The second kappa shape index (κ2) is 8.95. The lowest BCUT2D eigenvalue weighted by atomic mass is 9.85. The third-order valence-corrected chi connectivity index (χ3v) is 8.90. The standard InChI is InChI=1S/C37H21NOS/c38-22-24-9-1-2-10-26(24)36-25(23-19-20-28-27-11-3-5-16-32(27)39-33(28)21-23)13-7-14-29(36)30-15-8-18-35-37(30)31-12-4-6-17-34(31)40-35/h1-21H. The highest BCUT2D eigenvalue weighted by atomic mass is 32.1. The van der Waals surface area contributed by atoms with Gasteiger partial charge in [0.25, 0.3) is 0 Å². The van der Waals surface area contributed by atoms with Gasteiger partial charge in [-0.15, -0.1) is 11.3 Å². The maximum Gasteiger partial charge on any atom is 0.136 e. The molecule has 0 N–H and O–H groups in total. The molecule has 0 aliphatic carbocycles. The Kier molecular flexibility index (Phi) is 5.10. The molecule has 6 aromatic carbocycles. The Morgan fingerprint density at radius 2 is 1.20 bits per heavy atom. The number of hydrogen-bond donors (Lipinski definition) is 0. The van der Waals surface area contributed by atoms with Crippen LogP contribution in [-0.4, -0.2) is 0 Å². The topological polar surface area (TPSA) is 36.9 Å². The van der Waals surface area contributed by atoms with Gasteiger partial charge in [0, 0.05) is 36.5 Å². The highest BCUT2D eigenvalue weighted by Gasteiger charge is 2.20. The fourth-order valence-corrected chi connectivity index (χ4v) is 7.13. The largest absolute Gasteiger partial charge is 0.456 e. The zero-order valence-corrected chi connectivity index (χ0v) is 22.2. The Morgan fingerprint density at radius 1 is 0.525 bits per heavy atom. The molecule has 0 aliphatic heterocycles. The molecule has 0 saturated carbocycles. The van der Waals surface area contributed by atoms with Gasteiger partial charge in [-0.2, -0.15) is 5.26 Å². The number of rotatable bonds is 3. The zero-order valence-electron chi connectivity index (χ0n) is 21.4. The van der Waals surface area contributed by atoms with E-state index in [0.717, 1.165) is 49.8 Å². The fourth-order valence-electron chi connectivity index (χ4n) is 6.00. The zero-order chi connectivity index (χ0) is 26.6. The van der Waals surface area contributed by atoms with Crippen LogP contribution in [0.1, 0.15) is 5.56 Å². The van der Waals surface area contributed by atoms with Crippen LogP contribution in [0.4, 0.5) is 0 Å². The summed E-state index contributed by atoms with van der Waals surface area (Å²) in [6.07, 6.45) is 0. The molecule has 0 unspecified atom stereocenters. The van der Waals surface area contributed by atoms with E-state index in [4.69, 9.17) is 4.42 Å². The number of fused-ring (bicyclic) bond motifs is 6. The highest BCUT2D eigenvalue weighted by Crippen LogP contribution is 2.46. The molecule has 186 valence electrons. The van der Waals surface area contributed by atoms with Crippen molar-refractivity contribution < 1.29 is 4.42 Å². The summed E-state index contributed by atoms with van der Waals surface area (Å²) in [5.74, 6) is 0. The van der Waals surface area contributed by atoms with Crippen LogP contribution in [0, 0.1) is 11.3 Å². The van der Waals surface area contributed by atoms with Crippen molar-refractivity contribution in [2.75, 3.05) is 0 Å². The van der Waals surface area contributed by atoms with Crippen molar-refractivity contribution in [1.29, 1.82) is 5.26 Å². The van der Waals surface area contributed by atoms with Crippen LogP contribution >= 0.6 is 11.3 Å². The molecule has 2 heterocycles. The first-order chi connectivity index (χ1) is 19.8. The third-order valence-electron chi connectivity index (χ3n) is 7.76. The summed E-state index contributed by atoms with van der Waals surface area (Å²) in [5.41, 5.74) is 8.78. The number of nitrogens with zero attached hydrogens (tertiary/aromatic N) is 1. The van der Waals surface area contributed by atoms with E-state index in [9.17, 15) is 5.26 Å². The van der Waals surface area contributed by atoms with Crippen LogP contribution in [0.25, 0.3) is 75.5 Å². The molecule has 0 saturated heterocycles. The molecule has 0 fully saturated rings. The first kappa shape index (κ1) is 22.8. The summed E-state index contributed by atoms with van der Waals surface area (Å²) >= 11 is 1.82. The maximum atomic E-state index is 10.1. The van der Waals surface area contributed by atoms with E-state index in [1.54, 1.807) is 0 Å². The average molecular weight is 528 g/mol. The number of hydrogen-bond acceptors (Lipinski definition) is 3. The van der Waals surface area contributed by atoms with Gasteiger partial charge >= 0.3 is 0 Å². The molecular weight excluding hydrogens is 506 g/mol. The molecule has 0 spiro atoms. The summed E-state index contributed by atoms with van der Waals surface area (Å²) < 4.78 is 8.79. The minimum absolute atomic E-state index is 0.656. The molecule has 0 bridgehead atoms. The summed E-state index contributed by atoms with van der Waals surface area (Å²) in [6.45, 7) is 0. The van der Waals surface area contributed by atoms with E-state index >= 15 is 0 Å². The van der Waals surface area contributed by atoms with Gasteiger partial charge in [0.05, 0.1) is 11.6 Å². The number of thiophene rings is 1. The van der Waals surface area contributed by atoms with E-state index in [-0.39, 0.29) is 0 Å². The van der Waals surface area contributed by atoms with E-state index < -0.39 is 0 Å². The lowest BCUT2D eigenvalue weighted by Crippen LogP contribution is -1.93. The van der Waals surface area contributed by atoms with E-state index in [1.165, 1.54) is 25.7 Å². The predicted molar refractivity (Wildman–Crippen MR) is 168 cm³/mol. The van der Waals surface area contributed by atoms with Crippen molar-refractivity contribution in [1.82, 2.24) is 0 Å². The van der Waals surface area contributed by atoms with Crippen molar-refractivity contribution in [3.05, 3.63) is 133 Å². The Labute approximate surface area is 235 Å². The first-order valence-corrected chi connectivity index (χ1v) is 14.1. The molecule has 40 heavy (non-hydrogen) atoms. The Bertz CT molecular complexity index is 2300. The van der Waals surface area contributed by atoms with E-state index in [2.05, 4.69) is 97.1 Å². The smallest absolute Gasteiger partial charge is 0.136 e. The summed E-state index contributed by atoms with van der Waals surface area (Å²) in [5, 5.41) is 14.9. The molecule has 2 nitrogen and oxygen atoms in total. The SMILES string of the molecule is N#Cc1ccccc1-c1c(-c2ccc3c(c2)oc2ccccc23)cccc1-c1cccc2sc3ccccc3c12. The van der Waals surface area contributed by atoms with Gasteiger partial charge in [0.1, 0.15) is 11.2 Å². The van der Waals surface area contributed by atoms with Crippen molar-refractivity contribution in [2.24, 2.45) is 0 Å². The van der Waals surface area contributed by atoms with Crippen molar-refractivity contribution in [3.63, 3.8) is 0 Å². The minimum Gasteiger partial charge on any atom is -0.456 e. The number of para-hydroxylation sites is 1. The van der Waals surface area contributed by atoms with Crippen LogP contribution in [-0.2, 0) is 0 Å². The maximum absolute atomic E-state index is 10.1. The normalized spacial score (nSPS) is 11.5. The summed E-state index contributed by atoms with van der Waals surface area (Å²) in [4.78, 5) is 0. The molecule has 3 heteroatoms. The summed E-state index contributed by atoms with van der Waals surface area (Å²) in [6, 6.07) is 46.6. The van der Waals surface area contributed by atoms with Crippen LogP contribution in [0.5, 0.6) is 0 Å². The minimum atomic E-state index is 0.656. The lowest BCUT2D eigenvalue weighted by molar-refractivity contribution is 0.669. The van der Waals surface area contributed by atoms with Crippen molar-refractivity contribution >= 4 is 53.4 Å². The second-order valence-corrected chi connectivity index (χ2v) is 11.1. The Balaban J connectivity index is 1.46. The lowest BCUT2D eigenvalue weighted by Gasteiger charge is -2.18. The quantitative estimate of drug-likeness (QED) is 0.229. The number of benzene rings is 6. The van der Waals surface area contributed by atoms with Gasteiger partial charge in [-0.05, 0) is 64.2 Å². The molecule has 0 atom stereocenters. The van der Waals surface area contributed by atoms with Gasteiger partial charge in [0.2, 0.25) is 0 Å². The van der Waals surface area contributed by atoms with Gasteiger partial charge < -0.3 is 4.42 Å². The van der Waals surface area contributed by atoms with Gasteiger partial charge in [-0.3, -0.25) is 0 Å². The predicted octanol–water partition coefficient (Wildman–Crippen LogP) is 10.8. The van der Waals surface area contributed by atoms with Crippen LogP contribution in [0.3, 0.4) is 0 Å². The van der Waals surface area contributed by atoms with Crippen molar-refractivity contribution in [2.45, 2.75) is 0 Å². The Hall–Kier alpha value is -5.17. The molecule has 2 aromatic heterocycles. The van der Waals surface area contributed by atoms with Crippen LogP contribution in [0.2, 0.25) is 0 Å². The van der Waals surface area contributed by atoms with Crippen LogP contribution < -0.4 is 0 Å². The monoisotopic (exact) mass is 527 g/mol. The number of nitriles is 1. The second-order valence-electron chi connectivity index (χ2n) is 9.97. The van der Waals surface area contributed by atoms with E-state index in [0.29, 0.717) is 5.56 Å². The third kappa shape index (κ3) is 3.41. The van der Waals surface area contributed by atoms with Crippen molar-refractivity contribution in [3.8, 4) is 39.4 Å². The van der Waals surface area contributed by atoms with Crippen LogP contribution in [0.15, 0.2) is 132 Å². The Morgan fingerprint density at radius 3 is 2.12 bits per heavy atom. The average Bonchev–Trinajstić information content (AvgIpc) is 3.58. The summed E-state index contributed by atoms with van der Waals surface area (Å²) in [7, 11) is 0. The molecule has 8 rings (SSSR count). The molecule has 0 aliphatic rings. The molecule has 8 aromatic rings. The molecule has 0 amide bonds. The highest BCUT2D eigenvalue weighted by molar-refractivity contribution is 7.25. The fraction of sp³-hybridized carbons (Fsp3) is 0. The van der Waals surface area contributed by atoms with Gasteiger partial charge in [-0.25, -0.2) is 0 Å². The van der Waals surface area contributed by atoms with Gasteiger partial charge in [-0.1, -0.05) is 91.0 Å². The first-order valence-electron chi connectivity index (χ1n) is 13.2.